The van der Waals surface area contributed by atoms with Gasteiger partial charge in [0, 0.05) is 11.6 Å². The Hall–Kier alpha value is -1.30. The molecule has 19 heavy (non-hydrogen) atoms. The van der Waals surface area contributed by atoms with Gasteiger partial charge in [0.1, 0.15) is 6.61 Å². The van der Waals surface area contributed by atoms with Gasteiger partial charge in [0.25, 0.3) is 5.89 Å². The highest BCUT2D eigenvalue weighted by Crippen LogP contribution is 2.33. The van der Waals surface area contributed by atoms with Crippen molar-refractivity contribution in [1.29, 1.82) is 0 Å². The molecule has 1 heterocycles. The fourth-order valence-corrected chi connectivity index (χ4v) is 1.98. The van der Waals surface area contributed by atoms with Gasteiger partial charge in [-0.1, -0.05) is 35.3 Å². The highest BCUT2D eigenvalue weighted by molar-refractivity contribution is 6.37. The van der Waals surface area contributed by atoms with Crippen LogP contribution in [0, 0.1) is 0 Å². The number of nitrogens with two attached hydrogens (primary N) is 1. The number of rotatable bonds is 5. The Bertz CT molecular complexity index is 572. The molecule has 0 aliphatic carbocycles. The van der Waals surface area contributed by atoms with Gasteiger partial charge in [0.05, 0.1) is 16.3 Å². The van der Waals surface area contributed by atoms with Crippen molar-refractivity contribution >= 4 is 28.9 Å². The van der Waals surface area contributed by atoms with Gasteiger partial charge in [0.15, 0.2) is 5.82 Å². The predicted octanol–water partition coefficient (Wildman–Crippen LogP) is 3.55. The normalized spacial score (nSPS) is 10.9. The van der Waals surface area contributed by atoms with E-state index in [2.05, 4.69) is 10.1 Å². The molecule has 7 heteroatoms. The van der Waals surface area contributed by atoms with E-state index in [0.717, 1.165) is 6.42 Å². The number of anilines is 1. The molecule has 0 saturated carbocycles. The van der Waals surface area contributed by atoms with Gasteiger partial charge in [-0.2, -0.15) is 4.98 Å². The zero-order valence-corrected chi connectivity index (χ0v) is 11.8. The molecule has 0 bridgehead atoms. The van der Waals surface area contributed by atoms with Crippen LogP contribution in [0.15, 0.2) is 16.7 Å². The lowest BCUT2D eigenvalue weighted by atomic mass is 10.2. The van der Waals surface area contributed by atoms with Crippen LogP contribution in [0.2, 0.25) is 10.0 Å². The van der Waals surface area contributed by atoms with E-state index in [1.807, 2.05) is 6.92 Å². The van der Waals surface area contributed by atoms with Crippen LogP contribution in [0.4, 0.5) is 5.69 Å². The lowest BCUT2D eigenvalue weighted by Gasteiger charge is -2.03. The zero-order chi connectivity index (χ0) is 13.8. The zero-order valence-electron chi connectivity index (χ0n) is 10.3. The molecule has 0 atom stereocenters. The van der Waals surface area contributed by atoms with Crippen LogP contribution in [-0.2, 0) is 11.3 Å². The van der Waals surface area contributed by atoms with Crippen molar-refractivity contribution in [2.24, 2.45) is 0 Å². The number of hydrogen-bond acceptors (Lipinski definition) is 5. The Morgan fingerprint density at radius 1 is 1.37 bits per heavy atom. The minimum atomic E-state index is 0.275. The highest BCUT2D eigenvalue weighted by atomic mass is 35.5. The van der Waals surface area contributed by atoms with Crippen molar-refractivity contribution < 1.29 is 9.26 Å². The number of hydrogen-bond donors (Lipinski definition) is 1. The standard InChI is InChI=1S/C12H13Cl2N3O2/c1-2-3-18-6-10-16-12(19-17-10)8-4-7(13)5-9(14)11(8)15/h4-5H,2-3,6,15H2,1H3. The summed E-state index contributed by atoms with van der Waals surface area (Å²) in [7, 11) is 0. The molecule has 0 fully saturated rings. The molecule has 102 valence electrons. The van der Waals surface area contributed by atoms with Gasteiger partial charge < -0.3 is 15.0 Å². The first-order valence-corrected chi connectivity index (χ1v) is 6.52. The molecule has 0 spiro atoms. The van der Waals surface area contributed by atoms with E-state index in [0.29, 0.717) is 40.3 Å². The van der Waals surface area contributed by atoms with Gasteiger partial charge >= 0.3 is 0 Å². The van der Waals surface area contributed by atoms with Crippen molar-refractivity contribution in [3.8, 4) is 11.5 Å². The summed E-state index contributed by atoms with van der Waals surface area (Å²) in [4.78, 5) is 4.20. The van der Waals surface area contributed by atoms with Crippen molar-refractivity contribution in [3.05, 3.63) is 28.0 Å². The molecule has 5 nitrogen and oxygen atoms in total. The Kier molecular flexibility index (Phi) is 4.63. The summed E-state index contributed by atoms with van der Waals surface area (Å²) < 4.78 is 10.5. The fourth-order valence-electron chi connectivity index (χ4n) is 1.49. The van der Waals surface area contributed by atoms with Gasteiger partial charge in [-0.15, -0.1) is 0 Å². The van der Waals surface area contributed by atoms with Crippen LogP contribution < -0.4 is 5.73 Å². The lowest BCUT2D eigenvalue weighted by molar-refractivity contribution is 0.114. The number of halogens is 2. The monoisotopic (exact) mass is 301 g/mol. The van der Waals surface area contributed by atoms with E-state index in [-0.39, 0.29) is 5.89 Å². The first-order chi connectivity index (χ1) is 9.11. The molecule has 2 N–H and O–H groups in total. The summed E-state index contributed by atoms with van der Waals surface area (Å²) in [6, 6.07) is 3.19. The maximum absolute atomic E-state index is 5.95. The van der Waals surface area contributed by atoms with E-state index in [1.54, 1.807) is 12.1 Å². The van der Waals surface area contributed by atoms with Crippen LogP contribution in [0.3, 0.4) is 0 Å². The topological polar surface area (TPSA) is 74.2 Å². The second-order valence-corrected chi connectivity index (χ2v) is 4.76. The molecule has 1 aromatic carbocycles. The smallest absolute Gasteiger partial charge is 0.260 e. The second kappa shape index (κ2) is 6.23. The van der Waals surface area contributed by atoms with Crippen LogP contribution in [0.1, 0.15) is 19.2 Å². The summed E-state index contributed by atoms with van der Waals surface area (Å²) in [6.45, 7) is 2.97. The average Bonchev–Trinajstić information content (AvgIpc) is 2.83. The second-order valence-electron chi connectivity index (χ2n) is 3.92. The molecule has 0 unspecified atom stereocenters. The summed E-state index contributed by atoms with van der Waals surface area (Å²) in [5.41, 5.74) is 6.74. The molecule has 0 aliphatic heterocycles. The van der Waals surface area contributed by atoms with Crippen molar-refractivity contribution in [2.45, 2.75) is 20.0 Å². The maximum Gasteiger partial charge on any atom is 0.260 e. The minimum Gasteiger partial charge on any atom is -0.397 e. The molecular weight excluding hydrogens is 289 g/mol. The summed E-state index contributed by atoms with van der Waals surface area (Å²) in [5, 5.41) is 4.62. The molecule has 2 aromatic rings. The SMILES string of the molecule is CCCOCc1noc(-c2cc(Cl)cc(Cl)c2N)n1. The van der Waals surface area contributed by atoms with Gasteiger partial charge in [-0.3, -0.25) is 0 Å². The Balaban J connectivity index is 2.23. The average molecular weight is 302 g/mol. The van der Waals surface area contributed by atoms with Gasteiger partial charge in [-0.25, -0.2) is 0 Å². The highest BCUT2D eigenvalue weighted by Gasteiger charge is 2.15. The Labute approximate surface area is 120 Å². The summed E-state index contributed by atoms with van der Waals surface area (Å²) >= 11 is 11.9. The third kappa shape index (κ3) is 3.37. The first-order valence-electron chi connectivity index (χ1n) is 5.77. The van der Waals surface area contributed by atoms with Crippen LogP contribution >= 0.6 is 23.2 Å². The van der Waals surface area contributed by atoms with Gasteiger partial charge in [0.2, 0.25) is 0 Å². The minimum absolute atomic E-state index is 0.275. The van der Waals surface area contributed by atoms with E-state index in [9.17, 15) is 0 Å². The number of ether oxygens (including phenoxy) is 1. The Morgan fingerprint density at radius 2 is 2.16 bits per heavy atom. The van der Waals surface area contributed by atoms with E-state index >= 15 is 0 Å². The van der Waals surface area contributed by atoms with E-state index < -0.39 is 0 Å². The summed E-state index contributed by atoms with van der Waals surface area (Å²) in [6.07, 6.45) is 0.932. The van der Waals surface area contributed by atoms with Crippen molar-refractivity contribution in [3.63, 3.8) is 0 Å². The predicted molar refractivity (Wildman–Crippen MR) is 74.1 cm³/mol. The van der Waals surface area contributed by atoms with E-state index in [1.165, 1.54) is 0 Å². The molecule has 0 aliphatic rings. The lowest BCUT2D eigenvalue weighted by Crippen LogP contribution is -1.96. The third-order valence-corrected chi connectivity index (χ3v) is 2.90. The summed E-state index contributed by atoms with van der Waals surface area (Å²) in [5.74, 6) is 0.732. The van der Waals surface area contributed by atoms with Crippen molar-refractivity contribution in [2.75, 3.05) is 12.3 Å². The molecule has 1 aromatic heterocycles. The Morgan fingerprint density at radius 3 is 2.89 bits per heavy atom. The van der Waals surface area contributed by atoms with Crippen LogP contribution in [-0.4, -0.2) is 16.7 Å². The quantitative estimate of drug-likeness (QED) is 0.675. The third-order valence-electron chi connectivity index (χ3n) is 2.37. The maximum atomic E-state index is 5.95. The fraction of sp³-hybridized carbons (Fsp3) is 0.333. The molecule has 2 rings (SSSR count). The van der Waals surface area contributed by atoms with Crippen molar-refractivity contribution in [1.82, 2.24) is 10.1 Å². The van der Waals surface area contributed by atoms with Crippen LogP contribution in [0.25, 0.3) is 11.5 Å². The number of nitrogens with zero attached hydrogens (tertiary/aromatic N) is 2. The molecule has 0 saturated heterocycles. The number of nitrogen functional groups attached to an aromatic ring is 1. The van der Waals surface area contributed by atoms with Crippen LogP contribution in [0.5, 0.6) is 0 Å². The molecule has 0 radical (unpaired) electrons. The molecule has 0 amide bonds. The van der Waals surface area contributed by atoms with E-state index in [4.69, 9.17) is 38.2 Å². The van der Waals surface area contributed by atoms with Gasteiger partial charge in [-0.05, 0) is 18.6 Å². The molecular formula is C12H13Cl2N3O2. The first kappa shape index (κ1) is 14.1. The number of aromatic nitrogens is 2. The number of benzene rings is 1. The largest absolute Gasteiger partial charge is 0.397 e.